The first-order valence-electron chi connectivity index (χ1n) is 10.6. The van der Waals surface area contributed by atoms with Crippen molar-refractivity contribution in [2.24, 2.45) is 5.92 Å². The summed E-state index contributed by atoms with van der Waals surface area (Å²) in [5, 5.41) is 2.14. The average molecular weight is 462 g/mol. The number of hydrogen-bond acceptors (Lipinski definition) is 6. The third kappa shape index (κ3) is 9.20. The van der Waals surface area contributed by atoms with E-state index in [4.69, 9.17) is 13.6 Å². The van der Waals surface area contributed by atoms with Crippen molar-refractivity contribution >= 4 is 34.7 Å². The molecule has 0 radical (unpaired) electrons. The molecule has 0 aliphatic carbocycles. The molecule has 0 aromatic rings. The van der Waals surface area contributed by atoms with Crippen molar-refractivity contribution < 1.29 is 28.0 Å². The molecule has 176 valence electrons. The fourth-order valence-electron chi connectivity index (χ4n) is 1.74. The van der Waals surface area contributed by atoms with Crippen molar-refractivity contribution in [3.8, 4) is 0 Å². The molecule has 1 unspecified atom stereocenters. The summed E-state index contributed by atoms with van der Waals surface area (Å²) in [6.45, 7) is 23.9. The summed E-state index contributed by atoms with van der Waals surface area (Å²) in [7, 11) is -4.78. The molecule has 0 bridgehead atoms. The van der Waals surface area contributed by atoms with E-state index in [1.807, 2.05) is 81.6 Å². The van der Waals surface area contributed by atoms with E-state index in [1.54, 1.807) is 0 Å². The smallest absolute Gasteiger partial charge is 0.407 e. The molecule has 9 heteroatoms. The van der Waals surface area contributed by atoms with Crippen LogP contribution in [0.4, 0.5) is 4.79 Å². The number of carbonyl (C=O) groups is 3. The second kappa shape index (κ2) is 10.3. The molecule has 1 N–H and O–H groups in total. The van der Waals surface area contributed by atoms with Crippen molar-refractivity contribution in [2.75, 3.05) is 6.61 Å². The first-order chi connectivity index (χ1) is 13.2. The van der Waals surface area contributed by atoms with Crippen LogP contribution in [-0.4, -0.2) is 47.3 Å². The maximum Gasteiger partial charge on any atom is 0.407 e. The van der Waals surface area contributed by atoms with E-state index in [-0.39, 0.29) is 29.0 Å². The van der Waals surface area contributed by atoms with E-state index in [1.165, 1.54) is 0 Å². The van der Waals surface area contributed by atoms with Gasteiger partial charge < -0.3 is 18.9 Å². The minimum absolute atomic E-state index is 0.150. The molecule has 0 heterocycles. The molecule has 7 nitrogen and oxygen atoms in total. The lowest BCUT2D eigenvalue weighted by molar-refractivity contribution is -0.144. The van der Waals surface area contributed by atoms with Gasteiger partial charge in [0.2, 0.25) is 0 Å². The molecule has 0 spiro atoms. The number of alkyl carbamates (subject to hydrolysis) is 1. The Balaban J connectivity index is 5.46. The highest BCUT2D eigenvalue weighted by atomic mass is 28.4. The van der Waals surface area contributed by atoms with Gasteiger partial charge in [-0.2, -0.15) is 0 Å². The van der Waals surface area contributed by atoms with Crippen LogP contribution in [0.1, 0.15) is 61.8 Å². The van der Waals surface area contributed by atoms with Gasteiger partial charge in [-0.3, -0.25) is 9.59 Å². The van der Waals surface area contributed by atoms with Gasteiger partial charge in [0.15, 0.2) is 0 Å². The highest BCUT2D eigenvalue weighted by molar-refractivity contribution is 6.76. The van der Waals surface area contributed by atoms with Crippen molar-refractivity contribution in [2.45, 2.75) is 104 Å². The second-order valence-corrected chi connectivity index (χ2v) is 20.8. The van der Waals surface area contributed by atoms with Crippen molar-refractivity contribution in [1.82, 2.24) is 5.32 Å². The lowest BCUT2D eigenvalue weighted by Gasteiger charge is -2.37. The van der Waals surface area contributed by atoms with Gasteiger partial charge in [-0.1, -0.05) is 55.4 Å². The molecule has 0 aromatic carbocycles. The van der Waals surface area contributed by atoms with Crippen LogP contribution in [0.5, 0.6) is 0 Å². The van der Waals surface area contributed by atoms with Crippen molar-refractivity contribution in [3.63, 3.8) is 0 Å². The van der Waals surface area contributed by atoms with Gasteiger partial charge in [-0.05, 0) is 42.2 Å². The van der Waals surface area contributed by atoms with Crippen LogP contribution in [0.2, 0.25) is 36.3 Å². The van der Waals surface area contributed by atoms with Crippen LogP contribution in [0.3, 0.4) is 0 Å². The summed E-state index contributed by atoms with van der Waals surface area (Å²) < 4.78 is 16.7. The van der Waals surface area contributed by atoms with Crippen molar-refractivity contribution in [3.05, 3.63) is 0 Å². The van der Waals surface area contributed by atoms with Crippen LogP contribution >= 0.6 is 0 Å². The zero-order valence-electron chi connectivity index (χ0n) is 21.0. The van der Waals surface area contributed by atoms with E-state index < -0.39 is 40.7 Å². The SMILES string of the molecule is CC(C)COC(=O)NC(CC(=O)O[Si](C)(C)C(C)(C)C)C(=O)O[Si](C)(C)C(C)(C)C. The summed E-state index contributed by atoms with van der Waals surface area (Å²) in [6, 6.07) is -1.16. The van der Waals surface area contributed by atoms with Crippen LogP contribution in [-0.2, 0) is 23.2 Å². The standard InChI is InChI=1S/C21H43NO6Si2/c1-15(2)14-26-19(25)22-16(18(24)28-30(11,12)21(6,7)8)13-17(23)27-29(9,10)20(3,4)5/h15-16H,13-14H2,1-12H3,(H,22,25). The van der Waals surface area contributed by atoms with Gasteiger partial charge in [0.05, 0.1) is 13.0 Å². The highest BCUT2D eigenvalue weighted by Gasteiger charge is 2.44. The summed E-state index contributed by atoms with van der Waals surface area (Å²) in [6.07, 6.45) is -1.04. The molecule has 1 atom stereocenters. The Hall–Kier alpha value is -1.36. The largest absolute Gasteiger partial charge is 0.519 e. The van der Waals surface area contributed by atoms with E-state index in [2.05, 4.69) is 5.32 Å². The fourth-order valence-corrected chi connectivity index (χ4v) is 3.65. The van der Waals surface area contributed by atoms with Crippen LogP contribution < -0.4 is 5.32 Å². The Labute approximate surface area is 184 Å². The molecule has 0 saturated heterocycles. The molecular formula is C21H43NO6Si2. The van der Waals surface area contributed by atoms with E-state index in [0.717, 1.165) is 0 Å². The predicted octanol–water partition coefficient (Wildman–Crippen LogP) is 5.22. The molecule has 1 amide bonds. The van der Waals surface area contributed by atoms with Gasteiger partial charge in [-0.25, -0.2) is 4.79 Å². The second-order valence-electron chi connectivity index (χ2n) is 11.3. The Morgan fingerprint density at radius 1 is 0.833 bits per heavy atom. The zero-order valence-corrected chi connectivity index (χ0v) is 23.0. The summed E-state index contributed by atoms with van der Waals surface area (Å²) >= 11 is 0. The third-order valence-corrected chi connectivity index (χ3v) is 14.5. The number of nitrogens with one attached hydrogen (secondary N) is 1. The topological polar surface area (TPSA) is 90.9 Å². The molecule has 0 rings (SSSR count). The van der Waals surface area contributed by atoms with Gasteiger partial charge >= 0.3 is 12.1 Å². The van der Waals surface area contributed by atoms with Crippen molar-refractivity contribution in [1.29, 1.82) is 0 Å². The zero-order chi connectivity index (χ0) is 24.1. The molecule has 30 heavy (non-hydrogen) atoms. The van der Waals surface area contributed by atoms with Gasteiger partial charge in [-0.15, -0.1) is 0 Å². The summed E-state index contributed by atoms with van der Waals surface area (Å²) in [5.41, 5.74) is 0. The first kappa shape index (κ1) is 28.6. The Morgan fingerprint density at radius 3 is 1.67 bits per heavy atom. The van der Waals surface area contributed by atoms with Gasteiger partial charge in [0.1, 0.15) is 6.04 Å². The molecule has 0 fully saturated rings. The van der Waals surface area contributed by atoms with Gasteiger partial charge in [0, 0.05) is 0 Å². The first-order valence-corrected chi connectivity index (χ1v) is 16.4. The number of ether oxygens (including phenoxy) is 1. The molecule has 0 aliphatic rings. The fraction of sp³-hybridized carbons (Fsp3) is 0.857. The molecular weight excluding hydrogens is 418 g/mol. The predicted molar refractivity (Wildman–Crippen MR) is 124 cm³/mol. The summed E-state index contributed by atoms with van der Waals surface area (Å²) in [5.74, 6) is -1.00. The average Bonchev–Trinajstić information content (AvgIpc) is 2.48. The minimum atomic E-state index is -2.43. The van der Waals surface area contributed by atoms with Crippen LogP contribution in [0, 0.1) is 5.92 Å². The maximum atomic E-state index is 12.9. The number of carbonyl (C=O) groups excluding carboxylic acids is 3. The number of amides is 1. The maximum absolute atomic E-state index is 12.9. The lowest BCUT2D eigenvalue weighted by atomic mass is 10.2. The number of hydrogen-bond donors (Lipinski definition) is 1. The minimum Gasteiger partial charge on any atom is -0.519 e. The highest BCUT2D eigenvalue weighted by Crippen LogP contribution is 2.38. The summed E-state index contributed by atoms with van der Waals surface area (Å²) in [4.78, 5) is 37.8. The Kier molecular flexibility index (Phi) is 9.84. The Bertz CT molecular complexity index is 618. The Morgan fingerprint density at radius 2 is 1.27 bits per heavy atom. The lowest BCUT2D eigenvalue weighted by Crippen LogP contribution is -2.51. The third-order valence-electron chi connectivity index (χ3n) is 5.83. The molecule has 0 aliphatic heterocycles. The molecule has 0 saturated carbocycles. The quantitative estimate of drug-likeness (QED) is 0.498. The normalized spacial score (nSPS) is 14.2. The number of rotatable bonds is 8. The van der Waals surface area contributed by atoms with Crippen LogP contribution in [0.15, 0.2) is 0 Å². The monoisotopic (exact) mass is 461 g/mol. The van der Waals surface area contributed by atoms with E-state index in [0.29, 0.717) is 0 Å². The van der Waals surface area contributed by atoms with Gasteiger partial charge in [0.25, 0.3) is 22.6 Å². The molecule has 0 aromatic heterocycles. The van der Waals surface area contributed by atoms with E-state index in [9.17, 15) is 14.4 Å². The van der Waals surface area contributed by atoms with E-state index >= 15 is 0 Å². The van der Waals surface area contributed by atoms with Crippen LogP contribution in [0.25, 0.3) is 0 Å².